The summed E-state index contributed by atoms with van der Waals surface area (Å²) >= 11 is 12.6. The summed E-state index contributed by atoms with van der Waals surface area (Å²) in [5.41, 5.74) is 0. The van der Waals surface area contributed by atoms with E-state index in [1.165, 1.54) is 16.7 Å². The number of hydrogen-bond donors (Lipinski definition) is 1. The topological polar surface area (TPSA) is 29.1 Å². The van der Waals surface area contributed by atoms with Gasteiger partial charge in [0.05, 0.1) is 10.8 Å². The number of halogens is 2. The lowest BCUT2D eigenvalue weighted by Gasteiger charge is -2.06. The predicted molar refractivity (Wildman–Crippen MR) is 100 cm³/mol. The summed E-state index contributed by atoms with van der Waals surface area (Å²) in [5, 5.41) is 3.61. The number of nitrogens with one attached hydrogen (secondary N) is 1. The van der Waals surface area contributed by atoms with Crippen LogP contribution in [0.4, 0.5) is 0 Å². The molecule has 0 spiro atoms. The smallest absolute Gasteiger partial charge is 0.230 e. The van der Waals surface area contributed by atoms with E-state index in [-0.39, 0.29) is 5.91 Å². The van der Waals surface area contributed by atoms with E-state index in [1.807, 2.05) is 36.4 Å². The molecule has 116 valence electrons. The molecule has 0 saturated heterocycles. The molecular weight excluding hydrogens is 402 g/mol. The van der Waals surface area contributed by atoms with Gasteiger partial charge in [0.2, 0.25) is 5.91 Å². The van der Waals surface area contributed by atoms with Gasteiger partial charge in [0.1, 0.15) is 0 Å². The third-order valence-corrected chi connectivity index (χ3v) is 5.76. The monoisotopic (exact) mass is 415 g/mol. The minimum Gasteiger partial charge on any atom is -0.355 e. The van der Waals surface area contributed by atoms with E-state index in [9.17, 15) is 4.79 Å². The first kappa shape index (κ1) is 17.7. The molecule has 2 rings (SSSR count). The molecule has 0 unspecified atom stereocenters. The number of amides is 1. The van der Waals surface area contributed by atoms with Gasteiger partial charge in [0, 0.05) is 26.6 Å². The number of carbonyl (C=O) groups is 1. The molecule has 6 heteroatoms. The highest BCUT2D eigenvalue weighted by Gasteiger charge is 2.05. The highest BCUT2D eigenvalue weighted by atomic mass is 79.9. The lowest BCUT2D eigenvalue weighted by Crippen LogP contribution is -2.27. The number of rotatable bonds is 7. The minimum absolute atomic E-state index is 0.0290. The Hall–Kier alpha value is -0.620. The van der Waals surface area contributed by atoms with Crippen molar-refractivity contribution in [1.82, 2.24) is 5.32 Å². The Labute approximate surface area is 152 Å². The van der Waals surface area contributed by atoms with Crippen molar-refractivity contribution in [2.45, 2.75) is 9.79 Å². The van der Waals surface area contributed by atoms with Gasteiger partial charge in [0.25, 0.3) is 0 Å². The molecule has 22 heavy (non-hydrogen) atoms. The van der Waals surface area contributed by atoms with Crippen LogP contribution in [0.5, 0.6) is 0 Å². The molecule has 0 radical (unpaired) electrons. The normalized spacial score (nSPS) is 10.5. The maximum absolute atomic E-state index is 11.8. The first-order valence-corrected chi connectivity index (χ1v) is 9.82. The van der Waals surface area contributed by atoms with Crippen molar-refractivity contribution in [2.24, 2.45) is 0 Å². The van der Waals surface area contributed by atoms with Gasteiger partial charge in [-0.2, -0.15) is 0 Å². The molecule has 0 fully saturated rings. The van der Waals surface area contributed by atoms with E-state index in [1.54, 1.807) is 11.8 Å². The zero-order chi connectivity index (χ0) is 15.8. The van der Waals surface area contributed by atoms with Crippen molar-refractivity contribution in [3.63, 3.8) is 0 Å². The van der Waals surface area contributed by atoms with Crippen LogP contribution < -0.4 is 5.32 Å². The van der Waals surface area contributed by atoms with E-state index < -0.39 is 0 Å². The molecule has 2 aromatic carbocycles. The largest absolute Gasteiger partial charge is 0.355 e. The second kappa shape index (κ2) is 9.50. The minimum atomic E-state index is 0.0290. The first-order chi connectivity index (χ1) is 10.6. The van der Waals surface area contributed by atoms with Gasteiger partial charge in [-0.05, 0) is 36.4 Å². The van der Waals surface area contributed by atoms with Crippen LogP contribution >= 0.6 is 51.1 Å². The van der Waals surface area contributed by atoms with Crippen LogP contribution in [0.25, 0.3) is 0 Å². The standard InChI is InChI=1S/C16H15BrClNOS2/c17-12-5-7-13(8-6-12)21-10-9-19-16(20)11-22-15-4-2-1-3-14(15)18/h1-8H,9-11H2,(H,19,20). The second-order valence-corrected chi connectivity index (χ2v) is 7.88. The van der Waals surface area contributed by atoms with Gasteiger partial charge < -0.3 is 5.32 Å². The number of hydrogen-bond acceptors (Lipinski definition) is 3. The van der Waals surface area contributed by atoms with E-state index in [4.69, 9.17) is 11.6 Å². The maximum Gasteiger partial charge on any atom is 0.230 e. The Morgan fingerprint density at radius 3 is 2.55 bits per heavy atom. The van der Waals surface area contributed by atoms with E-state index in [0.29, 0.717) is 17.3 Å². The first-order valence-electron chi connectivity index (χ1n) is 6.67. The third-order valence-electron chi connectivity index (χ3n) is 2.70. The Bertz CT molecular complexity index is 622. The zero-order valence-electron chi connectivity index (χ0n) is 11.7. The molecule has 2 aromatic rings. The molecule has 0 aromatic heterocycles. The highest BCUT2D eigenvalue weighted by molar-refractivity contribution is 9.10. The molecule has 1 N–H and O–H groups in total. The molecule has 1 amide bonds. The van der Waals surface area contributed by atoms with Crippen LogP contribution in [0.1, 0.15) is 0 Å². The van der Waals surface area contributed by atoms with Crippen molar-refractivity contribution < 1.29 is 4.79 Å². The molecule has 0 saturated carbocycles. The summed E-state index contributed by atoms with van der Waals surface area (Å²) in [6.07, 6.45) is 0. The van der Waals surface area contributed by atoms with Crippen LogP contribution in [0.3, 0.4) is 0 Å². The van der Waals surface area contributed by atoms with E-state index in [0.717, 1.165) is 15.1 Å². The third kappa shape index (κ3) is 6.24. The van der Waals surface area contributed by atoms with Gasteiger partial charge in [-0.15, -0.1) is 23.5 Å². The van der Waals surface area contributed by atoms with Crippen molar-refractivity contribution in [3.8, 4) is 0 Å². The summed E-state index contributed by atoms with van der Waals surface area (Å²) in [4.78, 5) is 13.9. The maximum atomic E-state index is 11.8. The number of benzene rings is 2. The number of carbonyl (C=O) groups excluding carboxylic acids is 1. The van der Waals surface area contributed by atoms with Crippen molar-refractivity contribution in [2.75, 3.05) is 18.1 Å². The van der Waals surface area contributed by atoms with Crippen molar-refractivity contribution >= 4 is 57.0 Å². The van der Waals surface area contributed by atoms with Gasteiger partial charge in [0.15, 0.2) is 0 Å². The number of thioether (sulfide) groups is 2. The second-order valence-electron chi connectivity index (χ2n) is 4.37. The van der Waals surface area contributed by atoms with Crippen molar-refractivity contribution in [3.05, 3.63) is 58.0 Å². The fraction of sp³-hybridized carbons (Fsp3) is 0.188. The quantitative estimate of drug-likeness (QED) is 0.503. The van der Waals surface area contributed by atoms with Crippen LogP contribution in [-0.4, -0.2) is 24.0 Å². The van der Waals surface area contributed by atoms with Crippen LogP contribution in [0, 0.1) is 0 Å². The summed E-state index contributed by atoms with van der Waals surface area (Å²) in [6.45, 7) is 0.655. The molecule has 0 aliphatic carbocycles. The predicted octanol–water partition coefficient (Wildman–Crippen LogP) is 5.10. The highest BCUT2D eigenvalue weighted by Crippen LogP contribution is 2.26. The molecule has 0 aliphatic rings. The summed E-state index contributed by atoms with van der Waals surface area (Å²) < 4.78 is 1.07. The van der Waals surface area contributed by atoms with Crippen LogP contribution in [-0.2, 0) is 4.79 Å². The SMILES string of the molecule is O=C(CSc1ccccc1Cl)NCCSc1ccc(Br)cc1. The summed E-state index contributed by atoms with van der Waals surface area (Å²) in [5.74, 6) is 1.26. The van der Waals surface area contributed by atoms with Gasteiger partial charge >= 0.3 is 0 Å². The molecule has 0 aliphatic heterocycles. The Morgan fingerprint density at radius 2 is 1.82 bits per heavy atom. The Kier molecular flexibility index (Phi) is 7.66. The van der Waals surface area contributed by atoms with E-state index >= 15 is 0 Å². The summed E-state index contributed by atoms with van der Waals surface area (Å²) in [6, 6.07) is 15.7. The lowest BCUT2D eigenvalue weighted by atomic mass is 10.4. The average molecular weight is 417 g/mol. The molecule has 2 nitrogen and oxygen atoms in total. The molecule has 0 bridgehead atoms. The average Bonchev–Trinajstić information content (AvgIpc) is 2.52. The molecule has 0 heterocycles. The lowest BCUT2D eigenvalue weighted by molar-refractivity contribution is -0.118. The van der Waals surface area contributed by atoms with Crippen molar-refractivity contribution in [1.29, 1.82) is 0 Å². The fourth-order valence-corrected chi connectivity index (χ4v) is 3.75. The molecule has 0 atom stereocenters. The Balaban J connectivity index is 1.64. The van der Waals surface area contributed by atoms with E-state index in [2.05, 4.69) is 33.4 Å². The zero-order valence-corrected chi connectivity index (χ0v) is 15.7. The molecular formula is C16H15BrClNOS2. The van der Waals surface area contributed by atoms with Crippen LogP contribution in [0.2, 0.25) is 5.02 Å². The fourth-order valence-electron chi connectivity index (χ4n) is 1.65. The summed E-state index contributed by atoms with van der Waals surface area (Å²) in [7, 11) is 0. The van der Waals surface area contributed by atoms with Gasteiger partial charge in [-0.25, -0.2) is 0 Å². The Morgan fingerprint density at radius 1 is 1.09 bits per heavy atom. The van der Waals surface area contributed by atoms with Gasteiger partial charge in [-0.1, -0.05) is 39.7 Å². The van der Waals surface area contributed by atoms with Gasteiger partial charge in [-0.3, -0.25) is 4.79 Å². The van der Waals surface area contributed by atoms with Crippen LogP contribution in [0.15, 0.2) is 62.8 Å².